The molecule has 0 fully saturated rings. The number of hydrogen-bond acceptors (Lipinski definition) is 4. The molecule has 0 aliphatic carbocycles. The maximum atomic E-state index is 12.2. The molecule has 6 heteroatoms. The number of para-hydroxylation sites is 1. The maximum absolute atomic E-state index is 12.2. The Bertz CT molecular complexity index is 971. The highest BCUT2D eigenvalue weighted by molar-refractivity contribution is 7.16. The van der Waals surface area contributed by atoms with E-state index in [-0.39, 0.29) is 12.5 Å². The summed E-state index contributed by atoms with van der Waals surface area (Å²) in [5.74, 6) is 1.04. The third kappa shape index (κ3) is 4.21. The van der Waals surface area contributed by atoms with E-state index in [9.17, 15) is 4.79 Å². The zero-order chi connectivity index (χ0) is 18.4. The lowest BCUT2D eigenvalue weighted by molar-refractivity contribution is -0.120. The number of rotatable bonds is 7. The van der Waals surface area contributed by atoms with Crippen molar-refractivity contribution in [2.75, 3.05) is 13.2 Å². The predicted octanol–water partition coefficient (Wildman–Crippen LogP) is 3.79. The summed E-state index contributed by atoms with van der Waals surface area (Å²) in [7, 11) is 0. The van der Waals surface area contributed by atoms with E-state index in [4.69, 9.17) is 9.47 Å². The quantitative estimate of drug-likeness (QED) is 0.596. The molecular weight excluding hydrogens is 348 g/mol. The Morgan fingerprint density at radius 3 is 2.54 bits per heavy atom. The van der Waals surface area contributed by atoms with Gasteiger partial charge >= 0.3 is 0 Å². The summed E-state index contributed by atoms with van der Waals surface area (Å²) < 4.78 is 14.0. The summed E-state index contributed by atoms with van der Waals surface area (Å²) in [6.45, 7) is 6.80. The first kappa shape index (κ1) is 17.9. The van der Waals surface area contributed by atoms with Gasteiger partial charge in [0.05, 0.1) is 16.8 Å². The summed E-state index contributed by atoms with van der Waals surface area (Å²) in [6, 6.07) is 15.1. The minimum Gasteiger partial charge on any atom is -0.494 e. The first-order chi connectivity index (χ1) is 12.7. The monoisotopic (exact) mass is 368 g/mol. The second-order valence-corrected chi connectivity index (χ2v) is 6.46. The Balaban J connectivity index is 1.75. The molecule has 0 aliphatic rings. The highest BCUT2D eigenvalue weighted by atomic mass is 32.1. The van der Waals surface area contributed by atoms with Gasteiger partial charge in [0.25, 0.3) is 5.91 Å². The number of hydrogen-bond donors (Lipinski definition) is 0. The van der Waals surface area contributed by atoms with Gasteiger partial charge in [0.15, 0.2) is 11.4 Å². The van der Waals surface area contributed by atoms with E-state index in [0.29, 0.717) is 23.7 Å². The van der Waals surface area contributed by atoms with Gasteiger partial charge in [-0.05, 0) is 43.3 Å². The Labute approximate surface area is 155 Å². The number of fused-ring (bicyclic) bond motifs is 1. The molecule has 3 aromatic rings. The van der Waals surface area contributed by atoms with Crippen molar-refractivity contribution in [2.45, 2.75) is 13.5 Å². The van der Waals surface area contributed by atoms with Gasteiger partial charge in [-0.15, -0.1) is 6.58 Å². The summed E-state index contributed by atoms with van der Waals surface area (Å²) in [4.78, 5) is 17.1. The van der Waals surface area contributed by atoms with Crippen molar-refractivity contribution < 1.29 is 14.3 Å². The molecule has 0 bridgehead atoms. The van der Waals surface area contributed by atoms with Gasteiger partial charge in [-0.1, -0.05) is 29.5 Å². The van der Waals surface area contributed by atoms with Crippen LogP contribution in [0.25, 0.3) is 10.2 Å². The molecule has 0 spiro atoms. The van der Waals surface area contributed by atoms with Crippen LogP contribution >= 0.6 is 11.3 Å². The minimum absolute atomic E-state index is 0.115. The molecule has 0 saturated carbocycles. The Hall–Kier alpha value is -2.86. The zero-order valence-electron chi connectivity index (χ0n) is 14.6. The number of allylic oxidation sites excluding steroid dienone is 1. The van der Waals surface area contributed by atoms with Crippen LogP contribution in [0.15, 0.2) is 66.2 Å². The summed E-state index contributed by atoms with van der Waals surface area (Å²) in [6.07, 6.45) is 1.79. The molecule has 134 valence electrons. The fourth-order valence-corrected chi connectivity index (χ4v) is 3.55. The van der Waals surface area contributed by atoms with Crippen LogP contribution in [-0.2, 0) is 11.3 Å². The number of nitrogens with zero attached hydrogens (tertiary/aromatic N) is 2. The molecular formula is C20H20N2O3S. The summed E-state index contributed by atoms with van der Waals surface area (Å²) in [5.41, 5.74) is 1.04. The Morgan fingerprint density at radius 1 is 1.15 bits per heavy atom. The summed E-state index contributed by atoms with van der Waals surface area (Å²) >= 11 is 1.48. The third-order valence-electron chi connectivity index (χ3n) is 3.62. The first-order valence-electron chi connectivity index (χ1n) is 8.33. The zero-order valence-corrected chi connectivity index (χ0v) is 15.4. The highest BCUT2D eigenvalue weighted by Crippen LogP contribution is 2.18. The molecule has 1 amide bonds. The van der Waals surface area contributed by atoms with Crippen molar-refractivity contribution in [2.24, 2.45) is 4.99 Å². The smallest absolute Gasteiger partial charge is 0.286 e. The number of carbonyl (C=O) groups excluding carboxylic acids is 1. The van der Waals surface area contributed by atoms with Gasteiger partial charge in [-0.25, -0.2) is 0 Å². The SMILES string of the molecule is C=CCn1c(=NC(=O)COc2ccc(OCC)cc2)sc2ccccc21. The van der Waals surface area contributed by atoms with Crippen molar-refractivity contribution in [1.82, 2.24) is 4.57 Å². The topological polar surface area (TPSA) is 52.8 Å². The molecule has 1 heterocycles. The Morgan fingerprint density at radius 2 is 1.85 bits per heavy atom. The average molecular weight is 368 g/mol. The molecule has 0 atom stereocenters. The number of ether oxygens (including phenoxy) is 2. The van der Waals surface area contributed by atoms with Crippen LogP contribution in [0.2, 0.25) is 0 Å². The lowest BCUT2D eigenvalue weighted by Crippen LogP contribution is -2.19. The molecule has 3 rings (SSSR count). The second-order valence-electron chi connectivity index (χ2n) is 5.45. The van der Waals surface area contributed by atoms with Crippen LogP contribution in [0, 0.1) is 0 Å². The third-order valence-corrected chi connectivity index (χ3v) is 4.68. The maximum Gasteiger partial charge on any atom is 0.286 e. The molecule has 0 aliphatic heterocycles. The standard InChI is InChI=1S/C20H20N2O3S/c1-3-13-22-17-7-5-6-8-18(17)26-20(22)21-19(23)14-25-16-11-9-15(10-12-16)24-4-2/h3,5-12H,1,4,13-14H2,2H3. The molecule has 0 N–H and O–H groups in total. The average Bonchev–Trinajstić information content (AvgIpc) is 2.99. The fourth-order valence-electron chi connectivity index (χ4n) is 2.49. The van der Waals surface area contributed by atoms with Crippen LogP contribution < -0.4 is 14.3 Å². The van der Waals surface area contributed by atoms with Crippen molar-refractivity contribution in [3.05, 3.63) is 66.0 Å². The van der Waals surface area contributed by atoms with Gasteiger partial charge in [-0.2, -0.15) is 4.99 Å². The van der Waals surface area contributed by atoms with E-state index in [1.165, 1.54) is 11.3 Å². The molecule has 5 nitrogen and oxygen atoms in total. The van der Waals surface area contributed by atoms with Gasteiger partial charge in [0, 0.05) is 6.54 Å². The van der Waals surface area contributed by atoms with E-state index in [1.807, 2.05) is 47.9 Å². The van der Waals surface area contributed by atoms with Gasteiger partial charge in [0.2, 0.25) is 0 Å². The van der Waals surface area contributed by atoms with E-state index < -0.39 is 0 Å². The van der Waals surface area contributed by atoms with Crippen LogP contribution in [0.4, 0.5) is 0 Å². The minimum atomic E-state index is -0.330. The van der Waals surface area contributed by atoms with Crippen molar-refractivity contribution in [3.63, 3.8) is 0 Å². The molecule has 0 saturated heterocycles. The number of carbonyl (C=O) groups is 1. The van der Waals surface area contributed by atoms with Gasteiger partial charge < -0.3 is 14.0 Å². The number of thiazole rings is 1. The van der Waals surface area contributed by atoms with E-state index >= 15 is 0 Å². The predicted molar refractivity (Wildman–Crippen MR) is 104 cm³/mol. The first-order valence-corrected chi connectivity index (χ1v) is 9.15. The van der Waals surface area contributed by atoms with Gasteiger partial charge in [-0.3, -0.25) is 4.79 Å². The van der Waals surface area contributed by atoms with Crippen LogP contribution in [0.3, 0.4) is 0 Å². The van der Waals surface area contributed by atoms with Crippen LogP contribution in [-0.4, -0.2) is 23.7 Å². The van der Waals surface area contributed by atoms with Crippen molar-refractivity contribution in [3.8, 4) is 11.5 Å². The van der Waals surface area contributed by atoms with Crippen LogP contribution in [0.5, 0.6) is 11.5 Å². The van der Waals surface area contributed by atoms with Crippen LogP contribution in [0.1, 0.15) is 6.92 Å². The lowest BCUT2D eigenvalue weighted by Gasteiger charge is -2.06. The van der Waals surface area contributed by atoms with Crippen molar-refractivity contribution >= 4 is 27.5 Å². The summed E-state index contributed by atoms with van der Waals surface area (Å²) in [5, 5.41) is 0. The fraction of sp³-hybridized carbons (Fsp3) is 0.200. The largest absolute Gasteiger partial charge is 0.494 e. The molecule has 0 radical (unpaired) electrons. The lowest BCUT2D eigenvalue weighted by atomic mass is 10.3. The molecule has 2 aromatic carbocycles. The molecule has 26 heavy (non-hydrogen) atoms. The highest BCUT2D eigenvalue weighted by Gasteiger charge is 2.07. The van der Waals surface area contributed by atoms with Crippen molar-refractivity contribution in [1.29, 1.82) is 0 Å². The molecule has 0 unspecified atom stereocenters. The van der Waals surface area contributed by atoms with E-state index in [1.54, 1.807) is 18.2 Å². The normalized spacial score (nSPS) is 11.5. The Kier molecular flexibility index (Phi) is 5.86. The second kappa shape index (κ2) is 8.49. The number of amides is 1. The van der Waals surface area contributed by atoms with E-state index in [2.05, 4.69) is 11.6 Å². The molecule has 1 aromatic heterocycles. The van der Waals surface area contributed by atoms with Gasteiger partial charge in [0.1, 0.15) is 11.5 Å². The number of benzene rings is 2. The van der Waals surface area contributed by atoms with E-state index in [0.717, 1.165) is 16.0 Å². The number of aromatic nitrogens is 1.